The molecule has 1 fully saturated rings. The molecule has 0 atom stereocenters. The molecule has 1 saturated heterocycles. The number of thiazole rings is 1. The molecule has 30 heavy (non-hydrogen) atoms. The highest BCUT2D eigenvalue weighted by molar-refractivity contribution is 9.10. The van der Waals surface area contributed by atoms with E-state index in [4.69, 9.17) is 16.6 Å². The highest BCUT2D eigenvalue weighted by Gasteiger charge is 2.33. The number of hydrogen-bond donors (Lipinski definition) is 0. The van der Waals surface area contributed by atoms with Crippen molar-refractivity contribution in [3.05, 3.63) is 74.2 Å². The summed E-state index contributed by atoms with van der Waals surface area (Å²) in [7, 11) is -3.45. The Balaban J connectivity index is 1.42. The number of rotatable bonds is 5. The molecular formula is C22H22BrClN2O2S2. The van der Waals surface area contributed by atoms with Crippen molar-refractivity contribution in [1.29, 1.82) is 0 Å². The number of anilines is 1. The number of aryl methyl sites for hydroxylation is 1. The van der Waals surface area contributed by atoms with Gasteiger partial charge in [0, 0.05) is 29.4 Å². The quantitative estimate of drug-likeness (QED) is 0.416. The molecule has 4 rings (SSSR count). The maximum Gasteiger partial charge on any atom is 0.185 e. The molecule has 3 aromatic rings. The Hall–Kier alpha value is -1.41. The van der Waals surface area contributed by atoms with Gasteiger partial charge in [0.1, 0.15) is 0 Å². The van der Waals surface area contributed by atoms with E-state index in [1.807, 2.05) is 0 Å². The van der Waals surface area contributed by atoms with E-state index >= 15 is 0 Å². The lowest BCUT2D eigenvalue weighted by Gasteiger charge is -2.31. The first-order valence-electron chi connectivity index (χ1n) is 9.77. The second-order valence-corrected chi connectivity index (χ2v) is 11.9. The summed E-state index contributed by atoms with van der Waals surface area (Å²) >= 11 is 11.2. The van der Waals surface area contributed by atoms with Crippen LogP contribution in [-0.4, -0.2) is 31.7 Å². The van der Waals surface area contributed by atoms with Crippen LogP contribution in [0.4, 0.5) is 5.13 Å². The summed E-state index contributed by atoms with van der Waals surface area (Å²) in [4.78, 5) is 7.21. The SMILES string of the molecule is Cc1cccc(Cc2csc(N3CCC(S(=O)(=O)c4ccc(Br)cc4Cl)CC3)n2)c1. The predicted octanol–water partition coefficient (Wildman–Crippen LogP) is 5.90. The summed E-state index contributed by atoms with van der Waals surface area (Å²) in [5, 5.41) is 2.92. The van der Waals surface area contributed by atoms with Crippen molar-refractivity contribution in [2.45, 2.75) is 36.3 Å². The van der Waals surface area contributed by atoms with Gasteiger partial charge >= 0.3 is 0 Å². The monoisotopic (exact) mass is 524 g/mol. The lowest BCUT2D eigenvalue weighted by Crippen LogP contribution is -2.39. The van der Waals surface area contributed by atoms with Crippen LogP contribution in [0.5, 0.6) is 0 Å². The molecule has 2 aromatic carbocycles. The minimum absolute atomic E-state index is 0.223. The number of aromatic nitrogens is 1. The molecule has 0 N–H and O–H groups in total. The number of benzene rings is 2. The van der Waals surface area contributed by atoms with Crippen molar-refractivity contribution in [2.24, 2.45) is 0 Å². The number of piperidine rings is 1. The normalized spacial score (nSPS) is 15.5. The molecule has 0 bridgehead atoms. The maximum atomic E-state index is 13.1. The second kappa shape index (κ2) is 8.99. The molecule has 1 aliphatic heterocycles. The van der Waals surface area contributed by atoms with Crippen LogP contribution in [0.25, 0.3) is 0 Å². The van der Waals surface area contributed by atoms with E-state index in [2.05, 4.69) is 57.4 Å². The lowest BCUT2D eigenvalue weighted by atomic mass is 10.1. The molecule has 0 unspecified atom stereocenters. The Kier molecular flexibility index (Phi) is 6.53. The third-order valence-corrected chi connectivity index (χ3v) is 9.55. The van der Waals surface area contributed by atoms with E-state index in [1.165, 1.54) is 11.1 Å². The maximum absolute atomic E-state index is 13.1. The van der Waals surface area contributed by atoms with E-state index in [0.717, 1.165) is 21.7 Å². The zero-order chi connectivity index (χ0) is 21.3. The van der Waals surface area contributed by atoms with Gasteiger partial charge in [0.25, 0.3) is 0 Å². The third-order valence-electron chi connectivity index (χ3n) is 5.36. The van der Waals surface area contributed by atoms with E-state index < -0.39 is 15.1 Å². The molecule has 2 heterocycles. The van der Waals surface area contributed by atoms with Crippen molar-refractivity contribution in [2.75, 3.05) is 18.0 Å². The molecule has 0 spiro atoms. The summed E-state index contributed by atoms with van der Waals surface area (Å²) in [5.41, 5.74) is 3.55. The topological polar surface area (TPSA) is 50.3 Å². The van der Waals surface area contributed by atoms with Crippen molar-refractivity contribution < 1.29 is 8.42 Å². The number of sulfone groups is 1. The van der Waals surface area contributed by atoms with Crippen LogP contribution >= 0.6 is 38.9 Å². The molecule has 8 heteroatoms. The van der Waals surface area contributed by atoms with Crippen LogP contribution in [0.15, 0.2) is 57.2 Å². The summed E-state index contributed by atoms with van der Waals surface area (Å²) in [5.74, 6) is 0. The van der Waals surface area contributed by atoms with Gasteiger partial charge in [0.2, 0.25) is 0 Å². The summed E-state index contributed by atoms with van der Waals surface area (Å²) in [6.07, 6.45) is 1.95. The van der Waals surface area contributed by atoms with Gasteiger partial charge in [0.15, 0.2) is 15.0 Å². The van der Waals surface area contributed by atoms with Crippen molar-refractivity contribution in [3.8, 4) is 0 Å². The third kappa shape index (κ3) is 4.74. The highest BCUT2D eigenvalue weighted by atomic mass is 79.9. The molecule has 0 radical (unpaired) electrons. The van der Waals surface area contributed by atoms with Crippen LogP contribution in [-0.2, 0) is 16.3 Å². The molecular weight excluding hydrogens is 504 g/mol. The Bertz CT molecular complexity index is 1160. The largest absolute Gasteiger partial charge is 0.348 e. The number of halogens is 2. The van der Waals surface area contributed by atoms with Gasteiger partial charge in [-0.25, -0.2) is 13.4 Å². The van der Waals surface area contributed by atoms with E-state index in [-0.39, 0.29) is 9.92 Å². The van der Waals surface area contributed by atoms with E-state index in [9.17, 15) is 8.42 Å². The number of nitrogens with zero attached hydrogens (tertiary/aromatic N) is 2. The molecule has 0 amide bonds. The molecule has 1 aromatic heterocycles. The molecule has 0 saturated carbocycles. The average molecular weight is 526 g/mol. The fourth-order valence-electron chi connectivity index (χ4n) is 3.80. The average Bonchev–Trinajstić information content (AvgIpc) is 3.16. The molecule has 0 aliphatic carbocycles. The van der Waals surface area contributed by atoms with E-state index in [0.29, 0.717) is 25.9 Å². The fraction of sp³-hybridized carbons (Fsp3) is 0.318. The lowest BCUT2D eigenvalue weighted by molar-refractivity contribution is 0.529. The zero-order valence-electron chi connectivity index (χ0n) is 16.5. The zero-order valence-corrected chi connectivity index (χ0v) is 20.5. The first kappa shape index (κ1) is 21.8. The van der Waals surface area contributed by atoms with Gasteiger partial charge in [0.05, 0.1) is 20.9 Å². The Morgan fingerprint density at radius 2 is 1.97 bits per heavy atom. The summed E-state index contributed by atoms with van der Waals surface area (Å²) < 4.78 is 26.9. The van der Waals surface area contributed by atoms with Crippen molar-refractivity contribution in [3.63, 3.8) is 0 Å². The smallest absolute Gasteiger partial charge is 0.185 e. The highest BCUT2D eigenvalue weighted by Crippen LogP contribution is 2.33. The summed E-state index contributed by atoms with van der Waals surface area (Å²) in [6.45, 7) is 3.44. The number of hydrogen-bond acceptors (Lipinski definition) is 5. The Morgan fingerprint density at radius 3 is 2.67 bits per heavy atom. The van der Waals surface area contributed by atoms with Crippen LogP contribution < -0.4 is 4.90 Å². The second-order valence-electron chi connectivity index (χ2n) is 7.59. The minimum atomic E-state index is -3.45. The molecule has 158 valence electrons. The predicted molar refractivity (Wildman–Crippen MR) is 128 cm³/mol. The fourth-order valence-corrected chi connectivity index (χ4v) is 7.45. The van der Waals surface area contributed by atoms with E-state index in [1.54, 1.807) is 29.5 Å². The Morgan fingerprint density at radius 1 is 1.20 bits per heavy atom. The molecule has 1 aliphatic rings. The van der Waals surface area contributed by atoms with Gasteiger partial charge in [-0.05, 0) is 43.5 Å². The van der Waals surface area contributed by atoms with Crippen molar-refractivity contribution in [1.82, 2.24) is 4.98 Å². The molecule has 4 nitrogen and oxygen atoms in total. The first-order chi connectivity index (χ1) is 14.3. The van der Waals surface area contributed by atoms with Gasteiger partial charge in [-0.3, -0.25) is 0 Å². The van der Waals surface area contributed by atoms with Gasteiger partial charge in [-0.15, -0.1) is 11.3 Å². The van der Waals surface area contributed by atoms with Crippen LogP contribution in [0.2, 0.25) is 5.02 Å². The van der Waals surface area contributed by atoms with Crippen LogP contribution in [0, 0.1) is 6.92 Å². The standard InChI is InChI=1S/C22H22BrClN2O2S2/c1-15-3-2-4-16(11-15)12-18-14-29-22(25-18)26-9-7-19(8-10-26)30(27,28)21-6-5-17(23)13-20(21)24/h2-6,11,13-14,19H,7-10,12H2,1H3. The minimum Gasteiger partial charge on any atom is -0.348 e. The van der Waals surface area contributed by atoms with Gasteiger partial charge in [-0.2, -0.15) is 0 Å². The summed E-state index contributed by atoms with van der Waals surface area (Å²) in [6, 6.07) is 13.4. The van der Waals surface area contributed by atoms with Gasteiger partial charge in [-0.1, -0.05) is 57.4 Å². The Labute approximate surface area is 195 Å². The van der Waals surface area contributed by atoms with Gasteiger partial charge < -0.3 is 4.90 Å². The van der Waals surface area contributed by atoms with Crippen LogP contribution in [0.3, 0.4) is 0 Å². The first-order valence-corrected chi connectivity index (χ1v) is 13.4. The van der Waals surface area contributed by atoms with Crippen LogP contribution in [0.1, 0.15) is 29.7 Å². The van der Waals surface area contributed by atoms with Crippen molar-refractivity contribution >= 4 is 53.8 Å².